The molecule has 28 heavy (non-hydrogen) atoms. The second-order valence-electron chi connectivity index (χ2n) is 6.37. The number of benzene rings is 1. The lowest BCUT2D eigenvalue weighted by atomic mass is 10.0. The van der Waals surface area contributed by atoms with E-state index in [2.05, 4.69) is 10.3 Å². The Balaban J connectivity index is 1.73. The van der Waals surface area contributed by atoms with Gasteiger partial charge in [-0.05, 0) is 54.7 Å². The van der Waals surface area contributed by atoms with Crippen molar-refractivity contribution in [3.63, 3.8) is 0 Å². The van der Waals surface area contributed by atoms with Crippen LogP contribution in [-0.2, 0) is 0 Å². The molecular weight excluding hydrogens is 417 g/mol. The van der Waals surface area contributed by atoms with E-state index in [1.807, 2.05) is 41.3 Å². The lowest BCUT2D eigenvalue weighted by molar-refractivity contribution is 0.209. The highest BCUT2D eigenvalue weighted by Crippen LogP contribution is 2.41. The number of furan rings is 1. The highest BCUT2D eigenvalue weighted by atomic mass is 35.5. The van der Waals surface area contributed by atoms with Crippen LogP contribution >= 0.6 is 35.4 Å². The number of pyridine rings is 1. The summed E-state index contributed by atoms with van der Waals surface area (Å²) in [6.07, 6.45) is 1.74. The van der Waals surface area contributed by atoms with Gasteiger partial charge in [-0.1, -0.05) is 29.3 Å². The van der Waals surface area contributed by atoms with Crippen molar-refractivity contribution >= 4 is 40.5 Å². The number of aliphatic hydroxyl groups is 1. The summed E-state index contributed by atoms with van der Waals surface area (Å²) >= 11 is 17.8. The van der Waals surface area contributed by atoms with Crippen LogP contribution in [0.3, 0.4) is 0 Å². The van der Waals surface area contributed by atoms with Gasteiger partial charge in [0.15, 0.2) is 5.11 Å². The van der Waals surface area contributed by atoms with Crippen LogP contribution < -0.4 is 5.32 Å². The van der Waals surface area contributed by atoms with Crippen LogP contribution in [0.4, 0.5) is 0 Å². The molecule has 1 aliphatic heterocycles. The number of nitrogens with zero attached hydrogens (tertiary/aromatic N) is 2. The van der Waals surface area contributed by atoms with Crippen LogP contribution in [0.5, 0.6) is 0 Å². The summed E-state index contributed by atoms with van der Waals surface area (Å²) in [6, 6.07) is 14.4. The average molecular weight is 434 g/mol. The molecule has 0 unspecified atom stereocenters. The Morgan fingerprint density at radius 2 is 2.04 bits per heavy atom. The summed E-state index contributed by atoms with van der Waals surface area (Å²) in [5, 5.41) is 14.4. The standard InChI is InChI=1S/C20H17Cl2N3O2S/c21-12-4-5-13(14(22)11-12)16-6-7-17(27-16)19-18(15-3-1-2-8-23-15)24-20(28)25(19)9-10-26/h1-8,11,18-19,26H,9-10H2,(H,24,28)/t18-,19-/m0/s1. The van der Waals surface area contributed by atoms with Crippen molar-refractivity contribution in [2.24, 2.45) is 0 Å². The van der Waals surface area contributed by atoms with Gasteiger partial charge in [0.25, 0.3) is 0 Å². The minimum Gasteiger partial charge on any atom is -0.459 e. The van der Waals surface area contributed by atoms with Crippen LogP contribution in [0.15, 0.2) is 59.1 Å². The molecule has 8 heteroatoms. The fourth-order valence-corrected chi connectivity index (χ4v) is 4.24. The molecular formula is C20H17Cl2N3O2S. The second kappa shape index (κ2) is 8.09. The molecule has 5 nitrogen and oxygen atoms in total. The third-order valence-corrected chi connectivity index (χ3v) is 5.55. The molecule has 0 saturated carbocycles. The first kappa shape index (κ1) is 19.2. The molecule has 3 aromatic rings. The van der Waals surface area contributed by atoms with Crippen molar-refractivity contribution in [2.75, 3.05) is 13.2 Å². The summed E-state index contributed by atoms with van der Waals surface area (Å²) in [4.78, 5) is 6.38. The van der Waals surface area contributed by atoms with Gasteiger partial charge >= 0.3 is 0 Å². The van der Waals surface area contributed by atoms with Crippen molar-refractivity contribution in [3.8, 4) is 11.3 Å². The van der Waals surface area contributed by atoms with Crippen LogP contribution in [0.2, 0.25) is 10.0 Å². The summed E-state index contributed by atoms with van der Waals surface area (Å²) in [5.41, 5.74) is 1.60. The molecule has 0 radical (unpaired) electrons. The lowest BCUT2D eigenvalue weighted by Crippen LogP contribution is -2.32. The normalized spacial score (nSPS) is 19.1. The molecule has 3 heterocycles. The van der Waals surface area contributed by atoms with Crippen molar-refractivity contribution in [1.82, 2.24) is 15.2 Å². The topological polar surface area (TPSA) is 61.5 Å². The third kappa shape index (κ3) is 3.61. The maximum Gasteiger partial charge on any atom is 0.170 e. The Bertz CT molecular complexity index is 996. The summed E-state index contributed by atoms with van der Waals surface area (Å²) < 4.78 is 6.17. The van der Waals surface area contributed by atoms with E-state index in [0.29, 0.717) is 33.2 Å². The quantitative estimate of drug-likeness (QED) is 0.572. The molecule has 1 fully saturated rings. The summed E-state index contributed by atoms with van der Waals surface area (Å²) in [7, 11) is 0. The maximum atomic E-state index is 9.51. The number of nitrogens with one attached hydrogen (secondary N) is 1. The molecule has 1 aliphatic rings. The highest BCUT2D eigenvalue weighted by Gasteiger charge is 2.41. The van der Waals surface area contributed by atoms with Crippen molar-refractivity contribution in [2.45, 2.75) is 12.1 Å². The summed E-state index contributed by atoms with van der Waals surface area (Å²) in [6.45, 7) is 0.363. The van der Waals surface area contributed by atoms with Crippen LogP contribution in [0, 0.1) is 0 Å². The predicted molar refractivity (Wildman–Crippen MR) is 113 cm³/mol. The van der Waals surface area contributed by atoms with Gasteiger partial charge in [-0.2, -0.15) is 0 Å². The van der Waals surface area contributed by atoms with E-state index in [4.69, 9.17) is 39.8 Å². The van der Waals surface area contributed by atoms with Crippen molar-refractivity contribution in [1.29, 1.82) is 0 Å². The Hall–Kier alpha value is -2.12. The molecule has 2 N–H and O–H groups in total. The first-order valence-corrected chi connectivity index (χ1v) is 9.89. The zero-order chi connectivity index (χ0) is 19.7. The van der Waals surface area contributed by atoms with Gasteiger partial charge in [0.1, 0.15) is 17.6 Å². The number of rotatable bonds is 5. The number of aromatic nitrogens is 1. The van der Waals surface area contributed by atoms with E-state index < -0.39 is 0 Å². The van der Waals surface area contributed by atoms with Crippen molar-refractivity contribution < 1.29 is 9.52 Å². The molecule has 144 valence electrons. The van der Waals surface area contributed by atoms with E-state index in [0.717, 1.165) is 11.3 Å². The van der Waals surface area contributed by atoms with Gasteiger partial charge in [-0.3, -0.25) is 4.98 Å². The SMILES string of the molecule is OCCN1C(=S)N[C@@H](c2ccccn2)[C@@H]1c1ccc(-c2ccc(Cl)cc2Cl)o1. The zero-order valence-electron chi connectivity index (χ0n) is 14.7. The van der Waals surface area contributed by atoms with Gasteiger partial charge in [-0.25, -0.2) is 0 Å². The average Bonchev–Trinajstić information content (AvgIpc) is 3.28. The molecule has 0 spiro atoms. The molecule has 0 amide bonds. The maximum absolute atomic E-state index is 9.51. The molecule has 2 aromatic heterocycles. The van der Waals surface area contributed by atoms with E-state index in [1.165, 1.54) is 0 Å². The number of hydrogen-bond acceptors (Lipinski definition) is 4. The highest BCUT2D eigenvalue weighted by molar-refractivity contribution is 7.80. The Morgan fingerprint density at radius 3 is 2.75 bits per heavy atom. The zero-order valence-corrected chi connectivity index (χ0v) is 17.0. The Morgan fingerprint density at radius 1 is 1.18 bits per heavy atom. The van der Waals surface area contributed by atoms with Gasteiger partial charge in [0.05, 0.1) is 23.4 Å². The predicted octanol–water partition coefficient (Wildman–Crippen LogP) is 4.61. The molecule has 1 saturated heterocycles. The number of halogens is 2. The number of aliphatic hydroxyl groups excluding tert-OH is 1. The van der Waals surface area contributed by atoms with Gasteiger partial charge in [0, 0.05) is 23.3 Å². The largest absolute Gasteiger partial charge is 0.459 e. The monoisotopic (exact) mass is 433 g/mol. The Labute approximate surface area is 177 Å². The number of thiocarbonyl (C=S) groups is 1. The van der Waals surface area contributed by atoms with Crippen LogP contribution in [0.25, 0.3) is 11.3 Å². The molecule has 0 bridgehead atoms. The van der Waals surface area contributed by atoms with Crippen LogP contribution in [0.1, 0.15) is 23.5 Å². The van der Waals surface area contributed by atoms with E-state index in [1.54, 1.807) is 18.3 Å². The smallest absolute Gasteiger partial charge is 0.170 e. The summed E-state index contributed by atoms with van der Waals surface area (Å²) in [5.74, 6) is 1.34. The third-order valence-electron chi connectivity index (χ3n) is 4.65. The first-order valence-electron chi connectivity index (χ1n) is 8.72. The van der Waals surface area contributed by atoms with Crippen molar-refractivity contribution in [3.05, 3.63) is 76.2 Å². The minimum atomic E-state index is -0.241. The van der Waals surface area contributed by atoms with E-state index in [-0.39, 0.29) is 18.7 Å². The molecule has 1 aromatic carbocycles. The van der Waals surface area contributed by atoms with Gasteiger partial charge < -0.3 is 19.7 Å². The van der Waals surface area contributed by atoms with E-state index >= 15 is 0 Å². The minimum absolute atomic E-state index is 0.0240. The molecule has 0 aliphatic carbocycles. The Kier molecular flexibility index (Phi) is 5.55. The van der Waals surface area contributed by atoms with Gasteiger partial charge in [0.2, 0.25) is 0 Å². The van der Waals surface area contributed by atoms with Gasteiger partial charge in [-0.15, -0.1) is 0 Å². The van der Waals surface area contributed by atoms with E-state index in [9.17, 15) is 5.11 Å². The molecule has 4 rings (SSSR count). The second-order valence-corrected chi connectivity index (χ2v) is 7.60. The first-order chi connectivity index (χ1) is 13.6. The number of hydrogen-bond donors (Lipinski definition) is 2. The number of β-amino-alcohol motifs (C(OH)–C–C–N with tert-alkyl or cyclic N) is 1. The fourth-order valence-electron chi connectivity index (χ4n) is 3.41. The van der Waals surface area contributed by atoms with Crippen LogP contribution in [-0.4, -0.2) is 33.3 Å². The lowest BCUT2D eigenvalue weighted by Gasteiger charge is -2.25. The fraction of sp³-hybridized carbons (Fsp3) is 0.200. The molecule has 2 atom stereocenters.